The Morgan fingerprint density at radius 2 is 1.97 bits per heavy atom. The van der Waals surface area contributed by atoms with Gasteiger partial charge in [-0.3, -0.25) is 9.47 Å². The highest BCUT2D eigenvalue weighted by Crippen LogP contribution is 2.33. The average molecular weight is 409 g/mol. The molecule has 0 aliphatic carbocycles. The fraction of sp³-hybridized carbons (Fsp3) is 0.435. The number of H-pyrrole nitrogens is 1. The molecule has 3 aromatic rings. The number of methoxy groups -OCH3 is 1. The smallest absolute Gasteiger partial charge is 0.326 e. The number of imidazole rings is 1. The van der Waals surface area contributed by atoms with Crippen LogP contribution in [0.5, 0.6) is 17.2 Å². The number of nitrogens with one attached hydrogen (secondary N) is 1. The predicted octanol–water partition coefficient (Wildman–Crippen LogP) is 3.12. The molecule has 1 atom stereocenters. The Balaban J connectivity index is 1.23. The molecule has 158 valence electrons. The van der Waals surface area contributed by atoms with E-state index in [-0.39, 0.29) is 17.8 Å². The van der Waals surface area contributed by atoms with Crippen molar-refractivity contribution in [3.63, 3.8) is 0 Å². The van der Waals surface area contributed by atoms with Crippen LogP contribution in [0.25, 0.3) is 11.0 Å². The van der Waals surface area contributed by atoms with Crippen LogP contribution in [-0.2, 0) is 0 Å². The van der Waals surface area contributed by atoms with Crippen LogP contribution >= 0.6 is 0 Å². The van der Waals surface area contributed by atoms with Crippen molar-refractivity contribution in [1.29, 1.82) is 0 Å². The van der Waals surface area contributed by atoms with Gasteiger partial charge >= 0.3 is 5.69 Å². The van der Waals surface area contributed by atoms with E-state index in [2.05, 4.69) is 16.8 Å². The summed E-state index contributed by atoms with van der Waals surface area (Å²) in [6, 6.07) is 12.0. The Labute approximate surface area is 175 Å². The van der Waals surface area contributed by atoms with Crippen LogP contribution in [0, 0.1) is 6.92 Å². The normalized spacial score (nSPS) is 19.9. The molecule has 1 aromatic heterocycles. The molecule has 1 N–H and O–H groups in total. The minimum atomic E-state index is -0.0485. The van der Waals surface area contributed by atoms with E-state index in [1.54, 1.807) is 7.11 Å². The lowest BCUT2D eigenvalue weighted by molar-refractivity contribution is 0.0485. The van der Waals surface area contributed by atoms with Gasteiger partial charge in [0.05, 0.1) is 18.1 Å². The van der Waals surface area contributed by atoms with Crippen molar-refractivity contribution in [1.82, 2.24) is 14.5 Å². The highest BCUT2D eigenvalue weighted by molar-refractivity contribution is 5.77. The summed E-state index contributed by atoms with van der Waals surface area (Å²) in [6.45, 7) is 5.32. The van der Waals surface area contributed by atoms with E-state index in [9.17, 15) is 4.79 Å². The van der Waals surface area contributed by atoms with Crippen LogP contribution in [-0.4, -0.2) is 53.9 Å². The highest BCUT2D eigenvalue weighted by atomic mass is 16.6. The van der Waals surface area contributed by atoms with E-state index in [0.29, 0.717) is 6.61 Å². The second-order valence-corrected chi connectivity index (χ2v) is 8.22. The molecule has 2 aromatic carbocycles. The number of likely N-dealkylation sites (tertiary alicyclic amines) is 1. The van der Waals surface area contributed by atoms with Crippen molar-refractivity contribution in [2.45, 2.75) is 31.9 Å². The quantitative estimate of drug-likeness (QED) is 0.717. The monoisotopic (exact) mass is 409 g/mol. The molecular formula is C23H27N3O4. The van der Waals surface area contributed by atoms with Crippen LogP contribution in [0.1, 0.15) is 24.4 Å². The van der Waals surface area contributed by atoms with E-state index in [1.165, 1.54) is 5.56 Å². The molecule has 1 fully saturated rings. The Kier molecular flexibility index (Phi) is 4.90. The Hall–Kier alpha value is -2.93. The molecule has 1 saturated heterocycles. The molecular weight excluding hydrogens is 382 g/mol. The van der Waals surface area contributed by atoms with Crippen molar-refractivity contribution in [3.8, 4) is 17.2 Å². The van der Waals surface area contributed by atoms with Gasteiger partial charge < -0.3 is 19.2 Å². The molecule has 30 heavy (non-hydrogen) atoms. The van der Waals surface area contributed by atoms with Gasteiger partial charge in [0.2, 0.25) is 0 Å². The molecule has 5 rings (SSSR count). The summed E-state index contributed by atoms with van der Waals surface area (Å²) in [6.07, 6.45) is 1.89. The molecule has 7 heteroatoms. The van der Waals surface area contributed by atoms with Crippen molar-refractivity contribution >= 4 is 11.0 Å². The maximum atomic E-state index is 12.6. The maximum Gasteiger partial charge on any atom is 0.326 e. The van der Waals surface area contributed by atoms with E-state index < -0.39 is 0 Å². The van der Waals surface area contributed by atoms with Crippen molar-refractivity contribution in [3.05, 3.63) is 52.4 Å². The van der Waals surface area contributed by atoms with E-state index in [1.807, 2.05) is 41.0 Å². The lowest BCUT2D eigenvalue weighted by Crippen LogP contribution is -2.45. The zero-order valence-electron chi connectivity index (χ0n) is 17.4. The number of rotatable bonds is 4. The maximum absolute atomic E-state index is 12.6. The SMILES string of the molecule is COc1ccc2c(c1)[nH]c(=O)n2C1CCN(CC2COc3cc(C)ccc3O2)CC1. The molecule has 1 unspecified atom stereocenters. The molecule has 7 nitrogen and oxygen atoms in total. The molecule has 0 bridgehead atoms. The molecule has 2 aliphatic rings. The van der Waals surface area contributed by atoms with Gasteiger partial charge in [0.15, 0.2) is 11.5 Å². The fourth-order valence-corrected chi connectivity index (χ4v) is 4.56. The van der Waals surface area contributed by atoms with Crippen LogP contribution < -0.4 is 19.9 Å². The summed E-state index contributed by atoms with van der Waals surface area (Å²) in [5.74, 6) is 2.41. The average Bonchev–Trinajstić information content (AvgIpc) is 3.09. The number of fused-ring (bicyclic) bond motifs is 2. The summed E-state index contributed by atoms with van der Waals surface area (Å²) >= 11 is 0. The fourth-order valence-electron chi connectivity index (χ4n) is 4.56. The van der Waals surface area contributed by atoms with E-state index in [0.717, 1.165) is 60.8 Å². The Morgan fingerprint density at radius 1 is 1.13 bits per heavy atom. The number of aromatic nitrogens is 2. The topological polar surface area (TPSA) is 68.7 Å². The molecule has 3 heterocycles. The second-order valence-electron chi connectivity index (χ2n) is 8.22. The largest absolute Gasteiger partial charge is 0.497 e. The predicted molar refractivity (Wildman–Crippen MR) is 115 cm³/mol. The summed E-state index contributed by atoms with van der Waals surface area (Å²) < 4.78 is 19.2. The first kappa shape index (κ1) is 19.1. The highest BCUT2D eigenvalue weighted by Gasteiger charge is 2.28. The minimum Gasteiger partial charge on any atom is -0.497 e. The van der Waals surface area contributed by atoms with E-state index in [4.69, 9.17) is 14.2 Å². The third-order valence-corrected chi connectivity index (χ3v) is 6.13. The molecule has 0 amide bonds. The lowest BCUT2D eigenvalue weighted by Gasteiger charge is -2.36. The third kappa shape index (κ3) is 3.54. The zero-order valence-corrected chi connectivity index (χ0v) is 17.4. The molecule has 2 aliphatic heterocycles. The number of aromatic amines is 1. The Bertz CT molecular complexity index is 1110. The van der Waals surface area contributed by atoms with Gasteiger partial charge in [-0.05, 0) is 49.6 Å². The summed E-state index contributed by atoms with van der Waals surface area (Å²) in [5.41, 5.74) is 2.88. The minimum absolute atomic E-state index is 0.0278. The van der Waals surface area contributed by atoms with Gasteiger partial charge in [-0.1, -0.05) is 6.07 Å². The van der Waals surface area contributed by atoms with Crippen molar-refractivity contribution in [2.24, 2.45) is 0 Å². The van der Waals surface area contributed by atoms with Gasteiger partial charge in [-0.2, -0.15) is 0 Å². The lowest BCUT2D eigenvalue weighted by atomic mass is 10.0. The first-order chi connectivity index (χ1) is 14.6. The molecule has 0 saturated carbocycles. The van der Waals surface area contributed by atoms with Gasteiger partial charge in [0.1, 0.15) is 18.5 Å². The number of nitrogens with zero attached hydrogens (tertiary/aromatic N) is 2. The van der Waals surface area contributed by atoms with Gasteiger partial charge in [0, 0.05) is 31.7 Å². The number of hydrogen-bond donors (Lipinski definition) is 1. The third-order valence-electron chi connectivity index (χ3n) is 6.13. The Morgan fingerprint density at radius 3 is 2.77 bits per heavy atom. The van der Waals surface area contributed by atoms with Crippen LogP contribution in [0.4, 0.5) is 0 Å². The second kappa shape index (κ2) is 7.72. The first-order valence-electron chi connectivity index (χ1n) is 10.5. The van der Waals surface area contributed by atoms with Gasteiger partial charge in [-0.15, -0.1) is 0 Å². The van der Waals surface area contributed by atoms with E-state index >= 15 is 0 Å². The van der Waals surface area contributed by atoms with Crippen LogP contribution in [0.2, 0.25) is 0 Å². The van der Waals surface area contributed by atoms with Crippen molar-refractivity contribution in [2.75, 3.05) is 33.4 Å². The molecule has 0 spiro atoms. The van der Waals surface area contributed by atoms with Crippen LogP contribution in [0.3, 0.4) is 0 Å². The number of aryl methyl sites for hydroxylation is 1. The number of benzene rings is 2. The number of piperidine rings is 1. The summed E-state index contributed by atoms with van der Waals surface area (Å²) in [7, 11) is 1.63. The van der Waals surface area contributed by atoms with Crippen molar-refractivity contribution < 1.29 is 14.2 Å². The zero-order chi connectivity index (χ0) is 20.7. The standard InChI is InChI=1S/C23H27N3O4/c1-15-3-6-21-22(11-15)29-14-18(30-21)13-25-9-7-16(8-10-25)26-20-5-4-17(28-2)12-19(20)24-23(26)27/h3-6,11-12,16,18H,7-10,13-14H2,1-2H3,(H,24,27). The van der Waals surface area contributed by atoms with Gasteiger partial charge in [-0.25, -0.2) is 4.79 Å². The summed E-state index contributed by atoms with van der Waals surface area (Å²) in [5, 5.41) is 0. The molecule has 0 radical (unpaired) electrons. The van der Waals surface area contributed by atoms with Gasteiger partial charge in [0.25, 0.3) is 0 Å². The number of hydrogen-bond acceptors (Lipinski definition) is 5. The first-order valence-corrected chi connectivity index (χ1v) is 10.5. The summed E-state index contributed by atoms with van der Waals surface area (Å²) in [4.78, 5) is 18.0. The van der Waals surface area contributed by atoms with Crippen LogP contribution in [0.15, 0.2) is 41.2 Å². The number of ether oxygens (including phenoxy) is 3.